The lowest BCUT2D eigenvalue weighted by molar-refractivity contribution is -0.0508. The fourth-order valence-corrected chi connectivity index (χ4v) is 6.59. The fourth-order valence-electron chi connectivity index (χ4n) is 5.29. The third-order valence-electron chi connectivity index (χ3n) is 7.67. The second-order valence-electron chi connectivity index (χ2n) is 11.4. The number of halogens is 2. The minimum atomic E-state index is -0.824. The largest absolute Gasteiger partial charge is 0.492 e. The highest BCUT2D eigenvalue weighted by Gasteiger charge is 2.26. The van der Waals surface area contributed by atoms with Crippen LogP contribution in [0.25, 0.3) is 26.5 Å². The van der Waals surface area contributed by atoms with E-state index in [4.69, 9.17) is 9.47 Å². The highest BCUT2D eigenvalue weighted by molar-refractivity contribution is 7.22. The number of hydrogen-bond donors (Lipinski definition) is 2. The molecular weight excluding hydrogens is 646 g/mol. The van der Waals surface area contributed by atoms with Crippen LogP contribution in [0.1, 0.15) is 11.1 Å². The molecule has 48 heavy (non-hydrogen) atoms. The molecule has 3 aromatic heterocycles. The number of fused-ring (bicyclic) bond motifs is 1. The number of anilines is 1. The fraction of sp³-hybridized carbons (Fsp3) is 0.273. The van der Waals surface area contributed by atoms with Crippen molar-refractivity contribution in [2.75, 3.05) is 46.3 Å². The van der Waals surface area contributed by atoms with Gasteiger partial charge in [-0.3, -0.25) is 14.2 Å². The predicted octanol–water partition coefficient (Wildman–Crippen LogP) is 4.37. The van der Waals surface area contributed by atoms with Crippen LogP contribution in [0.5, 0.6) is 5.75 Å². The average Bonchev–Trinajstić information content (AvgIpc) is 3.39. The molecule has 0 aliphatic carbocycles. The van der Waals surface area contributed by atoms with Crippen molar-refractivity contribution < 1.29 is 27.9 Å². The van der Waals surface area contributed by atoms with Crippen LogP contribution in [0.3, 0.4) is 0 Å². The lowest BCUT2D eigenvalue weighted by Gasteiger charge is -2.25. The van der Waals surface area contributed by atoms with E-state index >= 15 is 0 Å². The SMILES string of the molecule is CONC(=O)Nc1ccc(-c2sc3c(c2CN(C)C)c(=O)n(-c2ccc(OCC4COC4)cn2)c(=O)n3Cc2c(F)cccc2F)cc1. The maximum absolute atomic E-state index is 15.0. The number of pyridine rings is 1. The number of aromatic nitrogens is 3. The number of hydrogen-bond acceptors (Lipinski definition) is 9. The van der Waals surface area contributed by atoms with Crippen molar-refractivity contribution in [3.8, 4) is 22.0 Å². The molecule has 2 aromatic carbocycles. The molecule has 2 N–H and O–H groups in total. The molecule has 1 fully saturated rings. The zero-order valence-corrected chi connectivity index (χ0v) is 27.1. The van der Waals surface area contributed by atoms with Crippen LogP contribution in [0.4, 0.5) is 19.3 Å². The number of benzene rings is 2. The Bertz CT molecular complexity index is 2050. The summed E-state index contributed by atoms with van der Waals surface area (Å²) in [6.07, 6.45) is 1.42. The maximum atomic E-state index is 15.0. The molecule has 12 nitrogen and oxygen atoms in total. The van der Waals surface area contributed by atoms with E-state index < -0.39 is 35.5 Å². The van der Waals surface area contributed by atoms with Gasteiger partial charge in [0.05, 0.1) is 45.1 Å². The molecule has 0 saturated carbocycles. The van der Waals surface area contributed by atoms with Gasteiger partial charge in [0.15, 0.2) is 0 Å². The van der Waals surface area contributed by atoms with Crippen LogP contribution >= 0.6 is 11.3 Å². The standard InChI is InChI=1S/C33H32F2N6O6S/c1-39(2)14-24-28-30(42)41(27-12-11-22(13-36-27)47-18-19-16-46-17-19)33(44)40(15-23-25(34)5-4-6-26(23)35)31(28)48-29(24)20-7-9-21(10-8-20)37-32(43)38-45-3/h4-13,19H,14-18H2,1-3H3,(H2,37,38,43). The molecule has 15 heteroatoms. The first kappa shape index (κ1) is 33.0. The number of carbonyl (C=O) groups is 1. The first-order valence-electron chi connectivity index (χ1n) is 14.9. The Morgan fingerprint density at radius 3 is 2.40 bits per heavy atom. The number of urea groups is 1. The monoisotopic (exact) mass is 678 g/mol. The number of ether oxygens (including phenoxy) is 2. The Labute approximate surface area is 277 Å². The molecular formula is C33H32F2N6O6S. The van der Waals surface area contributed by atoms with E-state index in [0.29, 0.717) is 53.8 Å². The summed E-state index contributed by atoms with van der Waals surface area (Å²) in [5.41, 5.74) is 2.22. The third-order valence-corrected chi connectivity index (χ3v) is 8.97. The van der Waals surface area contributed by atoms with Gasteiger partial charge in [0.2, 0.25) is 0 Å². The predicted molar refractivity (Wildman–Crippen MR) is 177 cm³/mol. The maximum Gasteiger partial charge on any atom is 0.343 e. The Kier molecular flexibility index (Phi) is 9.63. The van der Waals surface area contributed by atoms with Gasteiger partial charge in [-0.25, -0.2) is 33.4 Å². The molecule has 6 rings (SSSR count). The Balaban J connectivity index is 1.52. The van der Waals surface area contributed by atoms with E-state index in [1.807, 2.05) is 19.0 Å². The van der Waals surface area contributed by atoms with Crippen LogP contribution in [0, 0.1) is 17.6 Å². The summed E-state index contributed by atoms with van der Waals surface area (Å²) in [5, 5.41) is 2.85. The van der Waals surface area contributed by atoms with Gasteiger partial charge in [0.25, 0.3) is 5.56 Å². The van der Waals surface area contributed by atoms with Crippen molar-refractivity contribution in [3.63, 3.8) is 0 Å². The van der Waals surface area contributed by atoms with Gasteiger partial charge in [-0.15, -0.1) is 11.3 Å². The van der Waals surface area contributed by atoms with E-state index in [0.717, 1.165) is 28.0 Å². The van der Waals surface area contributed by atoms with Gasteiger partial charge in [-0.05, 0) is 61.6 Å². The molecule has 1 saturated heterocycles. The number of hydroxylamine groups is 1. The highest BCUT2D eigenvalue weighted by Crippen LogP contribution is 2.38. The van der Waals surface area contributed by atoms with E-state index in [1.54, 1.807) is 30.3 Å². The minimum absolute atomic E-state index is 0.0299. The molecule has 0 bridgehead atoms. The summed E-state index contributed by atoms with van der Waals surface area (Å²) >= 11 is 1.16. The van der Waals surface area contributed by atoms with Gasteiger partial charge < -0.3 is 19.7 Å². The van der Waals surface area contributed by atoms with Crippen LogP contribution < -0.4 is 26.8 Å². The number of nitrogens with zero attached hydrogens (tertiary/aromatic N) is 4. The Morgan fingerprint density at radius 1 is 1.06 bits per heavy atom. The van der Waals surface area contributed by atoms with Crippen molar-refractivity contribution >= 4 is 33.3 Å². The quantitative estimate of drug-likeness (QED) is 0.197. The number of amides is 2. The van der Waals surface area contributed by atoms with Crippen LogP contribution in [-0.2, 0) is 22.7 Å². The second kappa shape index (κ2) is 14.0. The lowest BCUT2D eigenvalue weighted by Crippen LogP contribution is -2.39. The molecule has 5 aromatic rings. The van der Waals surface area contributed by atoms with Gasteiger partial charge in [-0.2, -0.15) is 0 Å². The molecule has 0 atom stereocenters. The van der Waals surface area contributed by atoms with Gasteiger partial charge >= 0.3 is 11.7 Å². The van der Waals surface area contributed by atoms with Crippen LogP contribution in [0.2, 0.25) is 0 Å². The van der Waals surface area contributed by atoms with Crippen LogP contribution in [-0.4, -0.2) is 66.1 Å². The summed E-state index contributed by atoms with van der Waals surface area (Å²) < 4.78 is 43.0. The number of carbonyl (C=O) groups excluding carboxylic acids is 1. The molecule has 250 valence electrons. The normalized spacial score (nSPS) is 13.1. The summed E-state index contributed by atoms with van der Waals surface area (Å²) in [6.45, 7) is 1.51. The smallest absolute Gasteiger partial charge is 0.343 e. The van der Waals surface area contributed by atoms with E-state index in [-0.39, 0.29) is 27.5 Å². The number of thiophene rings is 1. The highest BCUT2D eigenvalue weighted by atomic mass is 32.1. The zero-order chi connectivity index (χ0) is 33.9. The molecule has 0 radical (unpaired) electrons. The first-order chi connectivity index (χ1) is 23.1. The summed E-state index contributed by atoms with van der Waals surface area (Å²) in [6, 6.07) is 12.9. The van der Waals surface area contributed by atoms with Crippen molar-refractivity contribution in [1.29, 1.82) is 0 Å². The molecule has 1 aliphatic rings. The summed E-state index contributed by atoms with van der Waals surface area (Å²) in [4.78, 5) is 52.3. The van der Waals surface area contributed by atoms with Gasteiger partial charge in [0.1, 0.15) is 28.0 Å². The molecule has 4 heterocycles. The second-order valence-corrected chi connectivity index (χ2v) is 12.4. The lowest BCUT2D eigenvalue weighted by atomic mass is 10.1. The summed E-state index contributed by atoms with van der Waals surface area (Å²) in [7, 11) is 5.00. The summed E-state index contributed by atoms with van der Waals surface area (Å²) in [5.74, 6) is -0.879. The Morgan fingerprint density at radius 2 is 1.79 bits per heavy atom. The van der Waals surface area contributed by atoms with Crippen molar-refractivity contribution in [2.45, 2.75) is 13.1 Å². The average molecular weight is 679 g/mol. The van der Waals surface area contributed by atoms with Crippen LogP contribution in [0.15, 0.2) is 70.4 Å². The Hall–Kier alpha value is -4.96. The third kappa shape index (κ3) is 6.71. The van der Waals surface area contributed by atoms with Gasteiger partial charge in [-0.1, -0.05) is 18.2 Å². The first-order valence-corrected chi connectivity index (χ1v) is 15.7. The number of rotatable bonds is 11. The van der Waals surface area contributed by atoms with E-state index in [2.05, 4.69) is 20.6 Å². The van der Waals surface area contributed by atoms with E-state index in [1.165, 1.54) is 30.0 Å². The molecule has 1 aliphatic heterocycles. The molecule has 0 spiro atoms. The van der Waals surface area contributed by atoms with Crippen molar-refractivity contribution in [1.82, 2.24) is 24.5 Å². The topological polar surface area (TPSA) is 129 Å². The zero-order valence-electron chi connectivity index (χ0n) is 26.3. The molecule has 0 unspecified atom stereocenters. The van der Waals surface area contributed by atoms with E-state index in [9.17, 15) is 23.2 Å². The van der Waals surface area contributed by atoms with Crippen molar-refractivity contribution in [3.05, 3.63) is 104 Å². The van der Waals surface area contributed by atoms with Crippen molar-refractivity contribution in [2.24, 2.45) is 5.92 Å². The molecule has 2 amide bonds. The minimum Gasteiger partial charge on any atom is -0.492 e. The number of nitrogens with one attached hydrogen (secondary N) is 2. The van der Waals surface area contributed by atoms with Gasteiger partial charge in [0, 0.05) is 28.6 Å².